The van der Waals surface area contributed by atoms with Crippen LogP contribution in [0, 0.1) is 11.7 Å². The highest BCUT2D eigenvalue weighted by molar-refractivity contribution is 7.71. The molecule has 0 spiro atoms. The molecule has 2 fully saturated rings. The Kier molecular flexibility index (Phi) is 2.58. The average molecular weight is 257 g/mol. The SMILES string of the molecule is Cc1nn([C@@H]2C[C@H](O)[C@H]3OC[C@H]2O3)c(=S)n1C. The summed E-state index contributed by atoms with van der Waals surface area (Å²) in [7, 11) is 1.88. The highest BCUT2D eigenvalue weighted by Crippen LogP contribution is 2.34. The van der Waals surface area contributed by atoms with E-state index in [1.807, 2.05) is 18.5 Å². The summed E-state index contributed by atoms with van der Waals surface area (Å²) in [5, 5.41) is 14.3. The smallest absolute Gasteiger partial charge is 0.197 e. The van der Waals surface area contributed by atoms with Gasteiger partial charge in [-0.05, 0) is 19.1 Å². The highest BCUT2D eigenvalue weighted by atomic mass is 32.1. The second-order valence-electron chi connectivity index (χ2n) is 4.58. The van der Waals surface area contributed by atoms with Crippen molar-refractivity contribution in [1.82, 2.24) is 14.3 Å². The van der Waals surface area contributed by atoms with E-state index >= 15 is 0 Å². The Morgan fingerprint density at radius 1 is 1.53 bits per heavy atom. The third-order valence-corrected chi connectivity index (χ3v) is 3.96. The summed E-state index contributed by atoms with van der Waals surface area (Å²) >= 11 is 5.33. The van der Waals surface area contributed by atoms with Crippen molar-refractivity contribution in [2.24, 2.45) is 7.05 Å². The van der Waals surface area contributed by atoms with Crippen LogP contribution in [0.3, 0.4) is 0 Å². The van der Waals surface area contributed by atoms with Crippen molar-refractivity contribution in [3.8, 4) is 0 Å². The van der Waals surface area contributed by atoms with Gasteiger partial charge >= 0.3 is 0 Å². The molecule has 2 aliphatic rings. The van der Waals surface area contributed by atoms with E-state index in [1.54, 1.807) is 4.68 Å². The third-order valence-electron chi connectivity index (χ3n) is 3.49. The van der Waals surface area contributed by atoms with E-state index in [0.29, 0.717) is 17.8 Å². The van der Waals surface area contributed by atoms with Gasteiger partial charge in [0.25, 0.3) is 0 Å². The normalized spacial score (nSPS) is 36.4. The van der Waals surface area contributed by atoms with Crippen molar-refractivity contribution in [2.75, 3.05) is 6.61 Å². The number of hydrogen-bond donors (Lipinski definition) is 1. The number of aromatic nitrogens is 3. The molecular formula is C10H15N3O3S. The van der Waals surface area contributed by atoms with Crippen molar-refractivity contribution >= 4 is 12.2 Å². The summed E-state index contributed by atoms with van der Waals surface area (Å²) in [6.45, 7) is 2.39. The molecule has 2 saturated heterocycles. The van der Waals surface area contributed by atoms with Crippen LogP contribution in [-0.2, 0) is 16.5 Å². The molecule has 17 heavy (non-hydrogen) atoms. The van der Waals surface area contributed by atoms with Gasteiger partial charge in [-0.1, -0.05) is 0 Å². The maximum atomic E-state index is 9.86. The van der Waals surface area contributed by atoms with Crippen LogP contribution >= 0.6 is 12.2 Å². The maximum Gasteiger partial charge on any atom is 0.197 e. The van der Waals surface area contributed by atoms with E-state index in [-0.39, 0.29) is 12.1 Å². The first kappa shape index (κ1) is 11.3. The summed E-state index contributed by atoms with van der Waals surface area (Å²) in [6, 6.07) is -0.0452. The lowest BCUT2D eigenvalue weighted by molar-refractivity contribution is -0.166. The lowest BCUT2D eigenvalue weighted by Gasteiger charge is -2.30. The van der Waals surface area contributed by atoms with Crippen molar-refractivity contribution in [3.63, 3.8) is 0 Å². The Bertz CT molecular complexity index is 497. The van der Waals surface area contributed by atoms with Crippen molar-refractivity contribution < 1.29 is 14.6 Å². The monoisotopic (exact) mass is 257 g/mol. The number of fused-ring (bicyclic) bond motifs is 2. The molecule has 0 aliphatic carbocycles. The fourth-order valence-electron chi connectivity index (χ4n) is 2.39. The van der Waals surface area contributed by atoms with Crippen molar-refractivity contribution in [1.29, 1.82) is 0 Å². The van der Waals surface area contributed by atoms with Gasteiger partial charge in [0.15, 0.2) is 11.1 Å². The lowest BCUT2D eigenvalue weighted by Crippen LogP contribution is -2.40. The predicted octanol–water partition coefficient (Wildman–Crippen LogP) is 0.307. The Morgan fingerprint density at radius 3 is 2.94 bits per heavy atom. The highest BCUT2D eigenvalue weighted by Gasteiger charge is 2.44. The van der Waals surface area contributed by atoms with Crippen LogP contribution in [0.5, 0.6) is 0 Å². The fraction of sp³-hybridized carbons (Fsp3) is 0.800. The largest absolute Gasteiger partial charge is 0.388 e. The minimum Gasteiger partial charge on any atom is -0.388 e. The lowest BCUT2D eigenvalue weighted by atomic mass is 10.0. The Morgan fingerprint density at radius 2 is 2.29 bits per heavy atom. The molecule has 1 aromatic heterocycles. The van der Waals surface area contributed by atoms with Crippen molar-refractivity contribution in [3.05, 3.63) is 10.6 Å². The van der Waals surface area contributed by atoms with Gasteiger partial charge in [0.1, 0.15) is 18.0 Å². The minimum atomic E-state index is -0.608. The quantitative estimate of drug-likeness (QED) is 0.734. The molecule has 0 saturated carbocycles. The van der Waals surface area contributed by atoms with E-state index in [4.69, 9.17) is 21.7 Å². The number of nitrogens with zero attached hydrogens (tertiary/aromatic N) is 3. The number of aliphatic hydroxyl groups excluding tert-OH is 1. The summed E-state index contributed by atoms with van der Waals surface area (Å²) in [4.78, 5) is 0. The molecular weight excluding hydrogens is 242 g/mol. The summed E-state index contributed by atoms with van der Waals surface area (Å²) < 4.78 is 15.2. The molecule has 1 aromatic rings. The zero-order valence-corrected chi connectivity index (χ0v) is 10.6. The summed E-state index contributed by atoms with van der Waals surface area (Å²) in [6.07, 6.45) is -0.581. The molecule has 0 radical (unpaired) electrons. The second kappa shape index (κ2) is 3.88. The van der Waals surface area contributed by atoms with Gasteiger partial charge in [-0.2, -0.15) is 5.10 Å². The topological polar surface area (TPSA) is 61.4 Å². The van der Waals surface area contributed by atoms with Crippen LogP contribution in [0.25, 0.3) is 0 Å². The van der Waals surface area contributed by atoms with Gasteiger partial charge in [-0.15, -0.1) is 0 Å². The molecule has 0 aromatic carbocycles. The van der Waals surface area contributed by atoms with Gasteiger partial charge in [-0.25, -0.2) is 4.68 Å². The number of aryl methyl sites for hydroxylation is 1. The van der Waals surface area contributed by atoms with Crippen LogP contribution in [0.4, 0.5) is 0 Å². The second-order valence-corrected chi connectivity index (χ2v) is 4.95. The van der Waals surface area contributed by atoms with Crippen LogP contribution in [0.1, 0.15) is 18.3 Å². The van der Waals surface area contributed by atoms with Crippen LogP contribution in [0.15, 0.2) is 0 Å². The van der Waals surface area contributed by atoms with E-state index in [0.717, 1.165) is 5.82 Å². The molecule has 1 N–H and O–H groups in total. The van der Waals surface area contributed by atoms with Gasteiger partial charge in [0.2, 0.25) is 0 Å². The number of rotatable bonds is 1. The van der Waals surface area contributed by atoms with E-state index in [1.165, 1.54) is 0 Å². The first-order valence-corrected chi connectivity index (χ1v) is 6.06. The maximum absolute atomic E-state index is 9.86. The first-order valence-electron chi connectivity index (χ1n) is 5.65. The molecule has 2 aliphatic heterocycles. The van der Waals surface area contributed by atoms with Crippen LogP contribution in [-0.4, -0.2) is 44.6 Å². The summed E-state index contributed by atoms with van der Waals surface area (Å²) in [5.74, 6) is 0.852. The first-order chi connectivity index (χ1) is 8.08. The molecule has 7 heteroatoms. The van der Waals surface area contributed by atoms with Gasteiger partial charge in [-0.3, -0.25) is 0 Å². The van der Waals surface area contributed by atoms with E-state index in [9.17, 15) is 5.11 Å². The zero-order valence-electron chi connectivity index (χ0n) is 9.74. The van der Waals surface area contributed by atoms with Gasteiger partial charge in [0.05, 0.1) is 12.6 Å². The average Bonchev–Trinajstić information content (AvgIpc) is 2.84. The van der Waals surface area contributed by atoms with Gasteiger partial charge in [0, 0.05) is 13.5 Å². The zero-order chi connectivity index (χ0) is 12.2. The molecule has 0 unspecified atom stereocenters. The minimum absolute atomic E-state index is 0.0452. The Labute approximate surface area is 104 Å². The Hall–Kier alpha value is -0.760. The molecule has 4 atom stereocenters. The molecule has 0 amide bonds. The number of hydrogen-bond acceptors (Lipinski definition) is 5. The van der Waals surface area contributed by atoms with E-state index < -0.39 is 12.4 Å². The predicted molar refractivity (Wildman–Crippen MR) is 61.0 cm³/mol. The number of aliphatic hydroxyl groups is 1. The molecule has 3 heterocycles. The van der Waals surface area contributed by atoms with Crippen LogP contribution in [0.2, 0.25) is 0 Å². The standard InChI is InChI=1S/C10H15N3O3S/c1-5-11-13(10(17)12(5)2)6-3-7(14)9-15-4-8(6)16-9/h6-9,14H,3-4H2,1-2H3/t6-,7+,8-,9+/m1/s1. The van der Waals surface area contributed by atoms with E-state index in [2.05, 4.69) is 5.10 Å². The number of ether oxygens (including phenoxy) is 2. The summed E-state index contributed by atoms with van der Waals surface area (Å²) in [5.41, 5.74) is 0. The molecule has 6 nitrogen and oxygen atoms in total. The van der Waals surface area contributed by atoms with Crippen LogP contribution < -0.4 is 0 Å². The fourth-order valence-corrected chi connectivity index (χ4v) is 2.69. The van der Waals surface area contributed by atoms with Gasteiger partial charge < -0.3 is 19.1 Å². The Balaban J connectivity index is 1.98. The molecule has 2 bridgehead atoms. The molecule has 3 rings (SSSR count). The molecule has 94 valence electrons. The van der Waals surface area contributed by atoms with Crippen molar-refractivity contribution in [2.45, 2.75) is 37.9 Å². The third kappa shape index (κ3) is 1.65.